The molecule has 3 aromatic heterocycles. The molecule has 12 heteroatoms. The monoisotopic (exact) mass is 494 g/mol. The Balaban J connectivity index is 1.75. The second kappa shape index (κ2) is 9.27. The van der Waals surface area contributed by atoms with E-state index in [0.717, 1.165) is 33.5 Å². The first-order valence-electron chi connectivity index (χ1n) is 9.96. The van der Waals surface area contributed by atoms with Crippen LogP contribution in [0.4, 0.5) is 13.2 Å². The van der Waals surface area contributed by atoms with Crippen LogP contribution < -0.4 is 5.32 Å². The van der Waals surface area contributed by atoms with Gasteiger partial charge < -0.3 is 4.42 Å². The smallest absolute Gasteiger partial charge is 0.434 e. The maximum absolute atomic E-state index is 13.0. The molecule has 1 N–H and O–H groups in total. The topological polar surface area (TPSA) is 81.7 Å². The predicted octanol–water partition coefficient (Wildman–Crippen LogP) is 5.51. The Morgan fingerprint density at radius 2 is 1.88 bits per heavy atom. The fraction of sp³-hybridized carbons (Fsp3) is 0.333. The van der Waals surface area contributed by atoms with Gasteiger partial charge in [0.2, 0.25) is 0 Å². The van der Waals surface area contributed by atoms with Gasteiger partial charge in [0.1, 0.15) is 16.8 Å². The summed E-state index contributed by atoms with van der Waals surface area (Å²) in [6.45, 7) is 5.68. The molecule has 2 unspecified atom stereocenters. The molecule has 2 atom stereocenters. The number of aryl methyl sites for hydroxylation is 2. The third-order valence-corrected chi connectivity index (χ3v) is 6.74. The molecule has 0 aliphatic carbocycles. The van der Waals surface area contributed by atoms with Crippen molar-refractivity contribution in [3.8, 4) is 5.69 Å². The van der Waals surface area contributed by atoms with E-state index in [1.807, 2.05) is 50.4 Å². The number of halogens is 3. The fourth-order valence-electron chi connectivity index (χ4n) is 3.49. The molecule has 4 rings (SSSR count). The van der Waals surface area contributed by atoms with Gasteiger partial charge in [0.25, 0.3) is 0 Å². The zero-order chi connectivity index (χ0) is 23.8. The molecule has 0 bridgehead atoms. The Morgan fingerprint density at radius 3 is 2.48 bits per heavy atom. The number of para-hydroxylation sites is 1. The summed E-state index contributed by atoms with van der Waals surface area (Å²) in [6, 6.07) is 8.36. The van der Waals surface area contributed by atoms with Crippen molar-refractivity contribution in [2.24, 2.45) is 0 Å². The van der Waals surface area contributed by atoms with Gasteiger partial charge in [-0.1, -0.05) is 30.0 Å². The minimum absolute atomic E-state index is 0.301. The summed E-state index contributed by atoms with van der Waals surface area (Å²) >= 11 is 2.39. The van der Waals surface area contributed by atoms with Gasteiger partial charge in [-0.05, 0) is 60.7 Å². The molecule has 0 aliphatic rings. The van der Waals surface area contributed by atoms with Gasteiger partial charge in [-0.2, -0.15) is 17.9 Å². The number of thiazole rings is 1. The molecular formula is C21H21F3N6OS2. The second-order valence-electron chi connectivity index (χ2n) is 7.44. The first-order chi connectivity index (χ1) is 15.7. The van der Waals surface area contributed by atoms with Gasteiger partial charge in [-0.3, -0.25) is 5.32 Å². The minimum Gasteiger partial charge on any atom is -0.453 e. The van der Waals surface area contributed by atoms with E-state index in [1.54, 1.807) is 11.6 Å². The van der Waals surface area contributed by atoms with E-state index in [2.05, 4.69) is 25.8 Å². The van der Waals surface area contributed by atoms with Crippen LogP contribution in [0.15, 0.2) is 45.2 Å². The fourth-order valence-corrected chi connectivity index (χ4v) is 4.72. The van der Waals surface area contributed by atoms with E-state index in [9.17, 15) is 13.2 Å². The summed E-state index contributed by atoms with van der Waals surface area (Å²) < 4.78 is 46.7. The van der Waals surface area contributed by atoms with Crippen molar-refractivity contribution in [1.82, 2.24) is 30.5 Å². The van der Waals surface area contributed by atoms with Crippen LogP contribution in [0.3, 0.4) is 0 Å². The van der Waals surface area contributed by atoms with E-state index in [0.29, 0.717) is 21.7 Å². The average molecular weight is 495 g/mol. The maximum Gasteiger partial charge on any atom is 0.434 e. The largest absolute Gasteiger partial charge is 0.453 e. The molecule has 33 heavy (non-hydrogen) atoms. The normalized spacial score (nSPS) is 13.9. The summed E-state index contributed by atoms with van der Waals surface area (Å²) in [5.41, 5.74) is 1.89. The zero-order valence-electron chi connectivity index (χ0n) is 18.2. The highest BCUT2D eigenvalue weighted by molar-refractivity contribution is 7.98. The first kappa shape index (κ1) is 23.5. The maximum atomic E-state index is 13.0. The summed E-state index contributed by atoms with van der Waals surface area (Å²) in [4.78, 5) is 3.78. The first-order valence-corrected chi connectivity index (χ1v) is 12.1. The van der Waals surface area contributed by atoms with Crippen LogP contribution in [-0.4, -0.2) is 31.4 Å². The van der Waals surface area contributed by atoms with Crippen LogP contribution in [0.1, 0.15) is 52.4 Å². The SMILES string of the molecule is CSc1ccc(C(NC(C)c2nc(C(F)(F)F)cs2)c2nnnn2-c2c(C)cccc2C)o1. The summed E-state index contributed by atoms with van der Waals surface area (Å²) in [6.07, 6.45) is -2.60. The average Bonchev–Trinajstić information content (AvgIpc) is 3.52. The number of hydrogen-bond donors (Lipinski definition) is 1. The van der Waals surface area contributed by atoms with Crippen LogP contribution in [-0.2, 0) is 6.18 Å². The quantitative estimate of drug-likeness (QED) is 0.339. The third kappa shape index (κ3) is 4.82. The Kier molecular flexibility index (Phi) is 6.59. The number of benzene rings is 1. The number of tetrazole rings is 1. The molecule has 174 valence electrons. The molecule has 0 saturated carbocycles. The lowest BCUT2D eigenvalue weighted by atomic mass is 10.1. The van der Waals surface area contributed by atoms with Crippen LogP contribution in [0.25, 0.3) is 5.69 Å². The van der Waals surface area contributed by atoms with Crippen LogP contribution in [0.5, 0.6) is 0 Å². The van der Waals surface area contributed by atoms with Crippen molar-refractivity contribution in [3.63, 3.8) is 0 Å². The Morgan fingerprint density at radius 1 is 1.15 bits per heavy atom. The summed E-state index contributed by atoms with van der Waals surface area (Å²) in [5, 5.41) is 17.7. The number of nitrogens with zero attached hydrogens (tertiary/aromatic N) is 5. The van der Waals surface area contributed by atoms with Crippen molar-refractivity contribution in [3.05, 3.63) is 69.1 Å². The van der Waals surface area contributed by atoms with E-state index in [1.165, 1.54) is 11.8 Å². The lowest BCUT2D eigenvalue weighted by Gasteiger charge is -2.21. The highest BCUT2D eigenvalue weighted by Gasteiger charge is 2.35. The molecule has 0 radical (unpaired) electrons. The molecule has 0 saturated heterocycles. The lowest BCUT2D eigenvalue weighted by Crippen LogP contribution is -2.28. The van der Waals surface area contributed by atoms with Crippen LogP contribution >= 0.6 is 23.1 Å². The van der Waals surface area contributed by atoms with Gasteiger partial charge >= 0.3 is 6.18 Å². The number of aromatic nitrogens is 5. The Hall–Kier alpha value is -2.70. The zero-order valence-corrected chi connectivity index (χ0v) is 19.8. The molecular weight excluding hydrogens is 473 g/mol. The Labute approximate surface area is 196 Å². The van der Waals surface area contributed by atoms with Crippen molar-refractivity contribution >= 4 is 23.1 Å². The van der Waals surface area contributed by atoms with Crippen molar-refractivity contribution < 1.29 is 17.6 Å². The molecule has 3 heterocycles. The number of alkyl halides is 3. The highest BCUT2D eigenvalue weighted by atomic mass is 32.2. The molecule has 0 spiro atoms. The van der Waals surface area contributed by atoms with E-state index in [-0.39, 0.29) is 0 Å². The molecule has 0 fully saturated rings. The van der Waals surface area contributed by atoms with Crippen molar-refractivity contribution in [1.29, 1.82) is 0 Å². The Bertz CT molecular complexity index is 1230. The minimum atomic E-state index is -4.49. The van der Waals surface area contributed by atoms with E-state index in [4.69, 9.17) is 4.42 Å². The van der Waals surface area contributed by atoms with Gasteiger partial charge in [0.05, 0.1) is 11.7 Å². The van der Waals surface area contributed by atoms with Gasteiger partial charge in [-0.15, -0.1) is 16.4 Å². The lowest BCUT2D eigenvalue weighted by molar-refractivity contribution is -0.140. The number of furan rings is 1. The number of rotatable bonds is 7. The van der Waals surface area contributed by atoms with E-state index >= 15 is 0 Å². The van der Waals surface area contributed by atoms with Crippen molar-refractivity contribution in [2.75, 3.05) is 6.26 Å². The standard InChI is InChI=1S/C21H21F3N6OS2/c1-11-6-5-7-12(2)18(11)30-19(27-28-29-30)17(14-8-9-16(31-14)32-4)25-13(3)20-26-15(10-33-20)21(22,23)24/h5-10,13,17,25H,1-4H3. The van der Waals surface area contributed by atoms with Gasteiger partial charge in [0, 0.05) is 5.38 Å². The van der Waals surface area contributed by atoms with Gasteiger partial charge in [0.15, 0.2) is 16.6 Å². The predicted molar refractivity (Wildman–Crippen MR) is 120 cm³/mol. The molecule has 4 aromatic rings. The molecule has 0 amide bonds. The molecule has 1 aromatic carbocycles. The summed E-state index contributed by atoms with van der Waals surface area (Å²) in [7, 11) is 0. The van der Waals surface area contributed by atoms with Crippen LogP contribution in [0, 0.1) is 13.8 Å². The number of hydrogen-bond acceptors (Lipinski definition) is 8. The van der Waals surface area contributed by atoms with Crippen molar-refractivity contribution in [2.45, 2.75) is 44.1 Å². The third-order valence-electron chi connectivity index (χ3n) is 5.09. The second-order valence-corrected chi connectivity index (χ2v) is 9.14. The molecule has 0 aliphatic heterocycles. The number of nitrogens with one attached hydrogen (secondary N) is 1. The van der Waals surface area contributed by atoms with Crippen LogP contribution in [0.2, 0.25) is 0 Å². The van der Waals surface area contributed by atoms with Gasteiger partial charge in [-0.25, -0.2) is 4.98 Å². The highest BCUT2D eigenvalue weighted by Crippen LogP contribution is 2.34. The van der Waals surface area contributed by atoms with E-state index < -0.39 is 24.0 Å². The summed E-state index contributed by atoms with van der Waals surface area (Å²) in [5.74, 6) is 0.995. The molecule has 7 nitrogen and oxygen atoms in total. The number of thioether (sulfide) groups is 1.